The Morgan fingerprint density at radius 2 is 1.58 bits per heavy atom. The van der Waals surface area contributed by atoms with E-state index in [-0.39, 0.29) is 24.2 Å². The molecule has 0 aliphatic rings. The molecule has 1 atom stereocenters. The van der Waals surface area contributed by atoms with E-state index in [9.17, 15) is 14.0 Å². The van der Waals surface area contributed by atoms with Crippen LogP contribution in [0.1, 0.15) is 37.0 Å². The molecule has 36 heavy (non-hydrogen) atoms. The number of hydrogen-bond donors (Lipinski definition) is 1. The average molecular weight is 507 g/mol. The van der Waals surface area contributed by atoms with Crippen molar-refractivity contribution in [3.05, 3.63) is 101 Å². The molecule has 0 saturated heterocycles. The Hall–Kier alpha value is -3.12. The highest BCUT2D eigenvalue weighted by molar-refractivity contribution is 7.99. The van der Waals surface area contributed by atoms with E-state index in [2.05, 4.69) is 29.6 Å². The van der Waals surface area contributed by atoms with Gasteiger partial charge in [-0.15, -0.1) is 11.8 Å². The number of benzene rings is 3. The van der Waals surface area contributed by atoms with Crippen LogP contribution in [0.2, 0.25) is 0 Å². The second kappa shape index (κ2) is 13.8. The Morgan fingerprint density at radius 1 is 0.917 bits per heavy atom. The van der Waals surface area contributed by atoms with Gasteiger partial charge in [0.15, 0.2) is 0 Å². The van der Waals surface area contributed by atoms with E-state index in [4.69, 9.17) is 0 Å². The number of nitrogens with one attached hydrogen (secondary N) is 1. The smallest absolute Gasteiger partial charge is 0.243 e. The zero-order valence-electron chi connectivity index (χ0n) is 21.2. The van der Waals surface area contributed by atoms with Gasteiger partial charge in [0.25, 0.3) is 0 Å². The van der Waals surface area contributed by atoms with Gasteiger partial charge in [-0.2, -0.15) is 0 Å². The molecule has 4 nitrogen and oxygen atoms in total. The minimum absolute atomic E-state index is 0.0976. The van der Waals surface area contributed by atoms with Gasteiger partial charge < -0.3 is 10.2 Å². The van der Waals surface area contributed by atoms with Crippen molar-refractivity contribution in [2.24, 2.45) is 5.92 Å². The first-order valence-electron chi connectivity index (χ1n) is 12.4. The molecule has 1 N–H and O–H groups in total. The minimum atomic E-state index is -0.673. The largest absolute Gasteiger partial charge is 0.354 e. The molecule has 0 spiro atoms. The van der Waals surface area contributed by atoms with Crippen molar-refractivity contribution in [2.75, 3.05) is 12.3 Å². The quantitative estimate of drug-likeness (QED) is 0.305. The van der Waals surface area contributed by atoms with Crippen LogP contribution in [0.15, 0.2) is 83.8 Å². The summed E-state index contributed by atoms with van der Waals surface area (Å²) in [5, 5.41) is 3.02. The molecule has 0 radical (unpaired) electrons. The van der Waals surface area contributed by atoms with Crippen LogP contribution < -0.4 is 5.32 Å². The molecule has 2 amide bonds. The molecular formula is C30H35FN2O2S. The lowest BCUT2D eigenvalue weighted by Gasteiger charge is -2.32. The van der Waals surface area contributed by atoms with Crippen LogP contribution in [-0.4, -0.2) is 35.1 Å². The monoisotopic (exact) mass is 506 g/mol. The molecule has 0 heterocycles. The normalized spacial score (nSPS) is 11.8. The summed E-state index contributed by atoms with van der Waals surface area (Å²) >= 11 is 1.62. The van der Waals surface area contributed by atoms with E-state index < -0.39 is 6.04 Å². The van der Waals surface area contributed by atoms with Crippen LogP contribution in [0.25, 0.3) is 0 Å². The van der Waals surface area contributed by atoms with Gasteiger partial charge in [0.2, 0.25) is 11.8 Å². The van der Waals surface area contributed by atoms with Crippen LogP contribution in [0.5, 0.6) is 0 Å². The maximum Gasteiger partial charge on any atom is 0.243 e. The van der Waals surface area contributed by atoms with Crippen molar-refractivity contribution in [3.63, 3.8) is 0 Å². The van der Waals surface area contributed by atoms with Gasteiger partial charge in [0, 0.05) is 36.6 Å². The number of rotatable bonds is 12. The first-order valence-corrected chi connectivity index (χ1v) is 13.4. The molecule has 190 valence electrons. The SMILES string of the molecule is Cc1ccc(SCCC(=O)N(Cc2ccc(F)cc2)[C@H](Cc2ccccc2)C(=O)NCC(C)C)cc1. The Kier molecular flexibility index (Phi) is 10.6. The molecule has 0 aliphatic heterocycles. The predicted molar refractivity (Wildman–Crippen MR) is 145 cm³/mol. The average Bonchev–Trinajstić information content (AvgIpc) is 2.87. The van der Waals surface area contributed by atoms with Crippen molar-refractivity contribution in [3.8, 4) is 0 Å². The van der Waals surface area contributed by atoms with Gasteiger partial charge >= 0.3 is 0 Å². The second-order valence-corrected chi connectivity index (χ2v) is 10.6. The first-order chi connectivity index (χ1) is 17.3. The fraction of sp³-hybridized carbons (Fsp3) is 0.333. The van der Waals surface area contributed by atoms with Crippen molar-refractivity contribution in [1.29, 1.82) is 0 Å². The van der Waals surface area contributed by atoms with E-state index in [1.54, 1.807) is 28.8 Å². The number of amides is 2. The summed E-state index contributed by atoms with van der Waals surface area (Å²) in [5.41, 5.74) is 2.95. The van der Waals surface area contributed by atoms with E-state index in [0.717, 1.165) is 16.0 Å². The number of carbonyl (C=O) groups excluding carboxylic acids is 2. The van der Waals surface area contributed by atoms with E-state index in [1.807, 2.05) is 51.1 Å². The second-order valence-electron chi connectivity index (χ2n) is 9.40. The van der Waals surface area contributed by atoms with Gasteiger partial charge in [-0.05, 0) is 48.2 Å². The molecule has 0 saturated carbocycles. The van der Waals surface area contributed by atoms with E-state index >= 15 is 0 Å². The number of hydrogen-bond acceptors (Lipinski definition) is 3. The van der Waals surface area contributed by atoms with Crippen LogP contribution in [0.4, 0.5) is 4.39 Å². The summed E-state index contributed by atoms with van der Waals surface area (Å²) in [7, 11) is 0. The number of nitrogens with zero attached hydrogens (tertiary/aromatic N) is 1. The first kappa shape index (κ1) is 27.5. The van der Waals surface area contributed by atoms with Gasteiger partial charge in [0.05, 0.1) is 0 Å². The number of thioether (sulfide) groups is 1. The lowest BCUT2D eigenvalue weighted by Crippen LogP contribution is -2.51. The molecule has 0 aromatic heterocycles. The zero-order chi connectivity index (χ0) is 25.9. The van der Waals surface area contributed by atoms with Gasteiger partial charge in [-0.3, -0.25) is 9.59 Å². The molecule has 6 heteroatoms. The van der Waals surface area contributed by atoms with Gasteiger partial charge in [-0.1, -0.05) is 74.0 Å². The molecule has 0 unspecified atom stereocenters. The van der Waals surface area contributed by atoms with Crippen molar-refractivity contribution < 1.29 is 14.0 Å². The van der Waals surface area contributed by atoms with Crippen LogP contribution in [-0.2, 0) is 22.6 Å². The summed E-state index contributed by atoms with van der Waals surface area (Å²) in [5.74, 6) is 0.293. The fourth-order valence-electron chi connectivity index (χ4n) is 3.80. The molecule has 3 aromatic carbocycles. The van der Waals surface area contributed by atoms with Crippen molar-refractivity contribution >= 4 is 23.6 Å². The Morgan fingerprint density at radius 3 is 2.22 bits per heavy atom. The summed E-state index contributed by atoms with van der Waals surface area (Å²) < 4.78 is 13.5. The maximum absolute atomic E-state index is 13.6. The summed E-state index contributed by atoms with van der Waals surface area (Å²) in [6, 6.07) is 23.4. The van der Waals surface area contributed by atoms with Crippen LogP contribution >= 0.6 is 11.8 Å². The summed E-state index contributed by atoms with van der Waals surface area (Å²) in [6.45, 7) is 6.89. The van der Waals surface area contributed by atoms with E-state index in [1.165, 1.54) is 17.7 Å². The zero-order valence-corrected chi connectivity index (χ0v) is 22.1. The molecule has 0 aliphatic carbocycles. The third-order valence-electron chi connectivity index (χ3n) is 5.83. The van der Waals surface area contributed by atoms with E-state index in [0.29, 0.717) is 31.1 Å². The highest BCUT2D eigenvalue weighted by atomic mass is 32.2. The minimum Gasteiger partial charge on any atom is -0.354 e. The van der Waals surface area contributed by atoms with Crippen molar-refractivity contribution in [2.45, 2.75) is 51.1 Å². The number of carbonyl (C=O) groups is 2. The Bertz CT molecular complexity index is 1100. The lowest BCUT2D eigenvalue weighted by atomic mass is 10.0. The number of aryl methyl sites for hydroxylation is 1. The third-order valence-corrected chi connectivity index (χ3v) is 6.84. The summed E-state index contributed by atoms with van der Waals surface area (Å²) in [4.78, 5) is 29.8. The number of halogens is 1. The van der Waals surface area contributed by atoms with Gasteiger partial charge in [0.1, 0.15) is 11.9 Å². The predicted octanol–water partition coefficient (Wildman–Crippen LogP) is 6.03. The Balaban J connectivity index is 1.82. The summed E-state index contributed by atoms with van der Waals surface area (Å²) in [6.07, 6.45) is 0.700. The molecule has 0 bridgehead atoms. The van der Waals surface area contributed by atoms with Crippen molar-refractivity contribution in [1.82, 2.24) is 10.2 Å². The highest BCUT2D eigenvalue weighted by Gasteiger charge is 2.30. The van der Waals surface area contributed by atoms with Gasteiger partial charge in [-0.25, -0.2) is 4.39 Å². The molecular weight excluding hydrogens is 471 g/mol. The molecule has 3 aromatic rings. The topological polar surface area (TPSA) is 49.4 Å². The fourth-order valence-corrected chi connectivity index (χ4v) is 4.64. The molecule has 3 rings (SSSR count). The third kappa shape index (κ3) is 8.83. The molecule has 0 fully saturated rings. The highest BCUT2D eigenvalue weighted by Crippen LogP contribution is 2.21. The maximum atomic E-state index is 13.6. The van der Waals surface area contributed by atoms with Crippen LogP contribution in [0.3, 0.4) is 0 Å². The standard InChI is InChI=1S/C30H35FN2O2S/c1-22(2)20-32-30(35)28(19-24-7-5-4-6-8-24)33(21-25-11-13-26(31)14-12-25)29(34)17-18-36-27-15-9-23(3)10-16-27/h4-16,22,28H,17-21H2,1-3H3,(H,32,35)/t28-/m1/s1. The lowest BCUT2D eigenvalue weighted by molar-refractivity contribution is -0.141. The van der Waals surface area contributed by atoms with Crippen LogP contribution in [0, 0.1) is 18.7 Å². The Labute approximate surface area is 218 Å².